The Hall–Kier alpha value is 0.220. The van der Waals surface area contributed by atoms with Gasteiger partial charge in [-0.05, 0) is 25.8 Å². The van der Waals surface area contributed by atoms with Crippen molar-refractivity contribution in [1.82, 2.24) is 0 Å². The average Bonchev–Trinajstić information content (AvgIpc) is 2.22. The van der Waals surface area contributed by atoms with Crippen LogP contribution in [0.5, 0.6) is 0 Å². The molecule has 17 heavy (non-hydrogen) atoms. The van der Waals surface area contributed by atoms with Gasteiger partial charge < -0.3 is 30.0 Å². The standard InChI is InChI=1S/C7H19NO7P2/c1-15-17(13,14)7(9,16(10,11)12)5-3-2-4-6-8/h9H,2-6,8H2,1H3,(H,13,14)(H2,10,11,12). The summed E-state index contributed by atoms with van der Waals surface area (Å²) in [6, 6.07) is 0. The molecule has 0 aromatic carbocycles. The minimum absolute atomic E-state index is 0.159. The molecule has 0 bridgehead atoms. The quantitative estimate of drug-likeness (QED) is 0.313. The van der Waals surface area contributed by atoms with E-state index in [0.717, 1.165) is 7.11 Å². The Labute approximate surface area is 99.5 Å². The third-order valence-electron chi connectivity index (χ3n) is 2.38. The summed E-state index contributed by atoms with van der Waals surface area (Å²) in [5.74, 6) is 0. The van der Waals surface area contributed by atoms with Crippen molar-refractivity contribution in [2.24, 2.45) is 5.73 Å². The highest BCUT2D eigenvalue weighted by Gasteiger charge is 2.59. The summed E-state index contributed by atoms with van der Waals surface area (Å²) in [5.41, 5.74) is 5.23. The Balaban J connectivity index is 4.90. The number of rotatable bonds is 8. The number of nitrogens with two attached hydrogens (primary N) is 1. The fourth-order valence-electron chi connectivity index (χ4n) is 1.28. The van der Waals surface area contributed by atoms with E-state index in [1.807, 2.05) is 0 Å². The molecule has 2 unspecified atom stereocenters. The van der Waals surface area contributed by atoms with Gasteiger partial charge in [-0.2, -0.15) is 0 Å². The van der Waals surface area contributed by atoms with E-state index in [-0.39, 0.29) is 6.42 Å². The number of aliphatic hydroxyl groups is 1. The van der Waals surface area contributed by atoms with Gasteiger partial charge in [0.2, 0.25) is 0 Å². The van der Waals surface area contributed by atoms with Crippen molar-refractivity contribution < 1.29 is 33.4 Å². The van der Waals surface area contributed by atoms with Crippen molar-refractivity contribution in [3.63, 3.8) is 0 Å². The predicted molar refractivity (Wildman–Crippen MR) is 61.4 cm³/mol. The average molecular weight is 291 g/mol. The van der Waals surface area contributed by atoms with Gasteiger partial charge in [-0.25, -0.2) is 0 Å². The van der Waals surface area contributed by atoms with E-state index >= 15 is 0 Å². The van der Waals surface area contributed by atoms with Gasteiger partial charge in [-0.15, -0.1) is 0 Å². The Kier molecular flexibility index (Phi) is 6.49. The number of hydrogen-bond acceptors (Lipinski definition) is 5. The molecular formula is C7H19NO7P2. The van der Waals surface area contributed by atoms with Crippen molar-refractivity contribution in [3.8, 4) is 0 Å². The van der Waals surface area contributed by atoms with Crippen LogP contribution in [0.2, 0.25) is 0 Å². The van der Waals surface area contributed by atoms with Crippen LogP contribution in [0.3, 0.4) is 0 Å². The lowest BCUT2D eigenvalue weighted by Gasteiger charge is -2.31. The van der Waals surface area contributed by atoms with E-state index in [1.54, 1.807) is 0 Å². The van der Waals surface area contributed by atoms with Gasteiger partial charge >= 0.3 is 15.2 Å². The van der Waals surface area contributed by atoms with Crippen molar-refractivity contribution in [3.05, 3.63) is 0 Å². The van der Waals surface area contributed by atoms with Crippen molar-refractivity contribution in [1.29, 1.82) is 0 Å². The van der Waals surface area contributed by atoms with Crippen LogP contribution in [0.1, 0.15) is 25.7 Å². The maximum Gasteiger partial charge on any atom is 0.371 e. The first kappa shape index (κ1) is 17.2. The van der Waals surface area contributed by atoms with Gasteiger partial charge in [0.1, 0.15) is 0 Å². The molecule has 0 spiro atoms. The van der Waals surface area contributed by atoms with Gasteiger partial charge in [-0.1, -0.05) is 6.42 Å². The molecule has 0 amide bonds. The van der Waals surface area contributed by atoms with E-state index in [9.17, 15) is 19.1 Å². The molecule has 10 heteroatoms. The summed E-state index contributed by atoms with van der Waals surface area (Å²) in [4.78, 5) is 27.3. The van der Waals surface area contributed by atoms with Crippen LogP contribution in [0.25, 0.3) is 0 Å². The highest BCUT2D eigenvalue weighted by Crippen LogP contribution is 2.71. The minimum Gasteiger partial charge on any atom is -0.368 e. The summed E-state index contributed by atoms with van der Waals surface area (Å²) >= 11 is 0. The molecule has 0 aliphatic heterocycles. The normalized spacial score (nSPS) is 19.6. The molecule has 0 aromatic heterocycles. The third-order valence-corrected chi connectivity index (χ3v) is 6.70. The fraction of sp³-hybridized carbons (Fsp3) is 1.00. The monoisotopic (exact) mass is 291 g/mol. The molecule has 2 atom stereocenters. The van der Waals surface area contributed by atoms with Crippen LogP contribution < -0.4 is 5.73 Å². The highest BCUT2D eigenvalue weighted by molar-refractivity contribution is 7.72. The number of hydrogen-bond donors (Lipinski definition) is 5. The van der Waals surface area contributed by atoms with Crippen molar-refractivity contribution in [2.45, 2.75) is 30.8 Å². The van der Waals surface area contributed by atoms with E-state index in [4.69, 9.17) is 15.5 Å². The zero-order valence-corrected chi connectivity index (χ0v) is 11.3. The summed E-state index contributed by atoms with van der Waals surface area (Å²) < 4.78 is 26.7. The minimum atomic E-state index is -5.19. The zero-order chi connectivity index (χ0) is 13.7. The predicted octanol–water partition coefficient (Wildman–Crippen LogP) is 0.161. The van der Waals surface area contributed by atoms with Crippen LogP contribution in [-0.4, -0.2) is 38.5 Å². The Morgan fingerprint density at radius 1 is 1.18 bits per heavy atom. The Morgan fingerprint density at radius 2 is 1.71 bits per heavy atom. The summed E-state index contributed by atoms with van der Waals surface area (Å²) in [7, 11) is -9.19. The molecule has 0 fully saturated rings. The van der Waals surface area contributed by atoms with E-state index in [2.05, 4.69) is 4.52 Å². The number of unbranched alkanes of at least 4 members (excludes halogenated alkanes) is 2. The Morgan fingerprint density at radius 3 is 2.06 bits per heavy atom. The van der Waals surface area contributed by atoms with Crippen LogP contribution >= 0.6 is 15.2 Å². The lowest BCUT2D eigenvalue weighted by Crippen LogP contribution is -2.29. The van der Waals surface area contributed by atoms with Gasteiger partial charge in [0.05, 0.1) is 0 Å². The first-order valence-corrected chi connectivity index (χ1v) is 8.18. The third kappa shape index (κ3) is 4.12. The second-order valence-electron chi connectivity index (χ2n) is 3.62. The van der Waals surface area contributed by atoms with E-state index in [0.29, 0.717) is 19.4 Å². The van der Waals surface area contributed by atoms with Crippen LogP contribution in [-0.2, 0) is 13.7 Å². The molecule has 0 rings (SSSR count). The lowest BCUT2D eigenvalue weighted by molar-refractivity contribution is 0.114. The molecule has 0 saturated carbocycles. The van der Waals surface area contributed by atoms with Crippen LogP contribution in [0, 0.1) is 0 Å². The van der Waals surface area contributed by atoms with E-state index in [1.165, 1.54) is 0 Å². The molecule has 0 aromatic rings. The van der Waals surface area contributed by atoms with Gasteiger partial charge in [0.25, 0.3) is 5.08 Å². The summed E-state index contributed by atoms with van der Waals surface area (Å²) in [6.07, 6.45) is 0.716. The van der Waals surface area contributed by atoms with Gasteiger partial charge in [0.15, 0.2) is 0 Å². The van der Waals surface area contributed by atoms with Crippen molar-refractivity contribution in [2.75, 3.05) is 13.7 Å². The smallest absolute Gasteiger partial charge is 0.368 e. The van der Waals surface area contributed by atoms with E-state index < -0.39 is 26.7 Å². The SMILES string of the molecule is COP(=O)(O)C(O)(CCCCCN)P(=O)(O)O. The second kappa shape index (κ2) is 6.41. The molecule has 104 valence electrons. The second-order valence-corrected chi connectivity index (χ2v) is 7.95. The Bertz CT molecular complexity index is 330. The maximum atomic E-state index is 11.5. The maximum absolute atomic E-state index is 11.5. The van der Waals surface area contributed by atoms with Crippen LogP contribution in [0.4, 0.5) is 0 Å². The molecule has 0 aliphatic rings. The lowest BCUT2D eigenvalue weighted by atomic mass is 10.2. The van der Waals surface area contributed by atoms with Gasteiger partial charge in [-0.3, -0.25) is 9.13 Å². The molecule has 8 nitrogen and oxygen atoms in total. The molecular weight excluding hydrogens is 272 g/mol. The largest absolute Gasteiger partial charge is 0.371 e. The molecule has 6 N–H and O–H groups in total. The summed E-state index contributed by atoms with van der Waals surface area (Å²) in [6.45, 7) is 0.398. The first-order chi connectivity index (χ1) is 7.62. The topological polar surface area (TPSA) is 150 Å². The fourth-order valence-corrected chi connectivity index (χ4v) is 4.03. The molecule has 0 radical (unpaired) electrons. The highest BCUT2D eigenvalue weighted by atomic mass is 31.2. The van der Waals surface area contributed by atoms with Gasteiger partial charge in [0, 0.05) is 7.11 Å². The first-order valence-electron chi connectivity index (χ1n) is 4.99. The van der Waals surface area contributed by atoms with Crippen LogP contribution in [0.15, 0.2) is 0 Å². The zero-order valence-electron chi connectivity index (χ0n) is 9.52. The summed E-state index contributed by atoms with van der Waals surface area (Å²) in [5, 5.41) is 6.69. The molecule has 0 heterocycles. The van der Waals surface area contributed by atoms with Crippen molar-refractivity contribution >= 4 is 15.2 Å². The molecule has 0 saturated heterocycles. The molecule has 0 aliphatic carbocycles.